The van der Waals surface area contributed by atoms with E-state index >= 15 is 0 Å². The number of aliphatic hydroxyl groups is 2. The molecule has 0 saturated carbocycles. The molecule has 0 bridgehead atoms. The van der Waals surface area contributed by atoms with Gasteiger partial charge in [0.1, 0.15) is 12.2 Å². The summed E-state index contributed by atoms with van der Waals surface area (Å²) in [4.78, 5) is 36.9. The maximum absolute atomic E-state index is 12.4. The molecular formula is C19H24O7. The first-order valence-corrected chi connectivity index (χ1v) is 8.87. The summed E-state index contributed by atoms with van der Waals surface area (Å²) in [5.74, 6) is -3.22. The Morgan fingerprint density at radius 1 is 1.38 bits per heavy atom. The molecule has 0 spiro atoms. The second-order valence-electron chi connectivity index (χ2n) is 7.44. The normalized spacial score (nSPS) is 34.7. The zero-order chi connectivity index (χ0) is 19.2. The first-order chi connectivity index (χ1) is 12.3. The lowest BCUT2D eigenvalue weighted by Gasteiger charge is -2.30. The molecule has 1 aliphatic heterocycles. The minimum Gasteiger partial charge on any atom is -0.461 e. The molecule has 1 fully saturated rings. The van der Waals surface area contributed by atoms with Crippen molar-refractivity contribution in [2.24, 2.45) is 23.7 Å². The molecular weight excluding hydrogens is 340 g/mol. The molecule has 0 aromatic heterocycles. The van der Waals surface area contributed by atoms with Crippen LogP contribution in [0.25, 0.3) is 0 Å². The van der Waals surface area contributed by atoms with E-state index in [4.69, 9.17) is 9.47 Å². The molecule has 7 heteroatoms. The third-order valence-corrected chi connectivity index (χ3v) is 5.72. The summed E-state index contributed by atoms with van der Waals surface area (Å²) in [5.41, 5.74) is 1.82. The van der Waals surface area contributed by atoms with Crippen LogP contribution >= 0.6 is 0 Å². The molecule has 26 heavy (non-hydrogen) atoms. The second kappa shape index (κ2) is 6.96. The van der Waals surface area contributed by atoms with Gasteiger partial charge in [0.25, 0.3) is 0 Å². The van der Waals surface area contributed by atoms with E-state index < -0.39 is 47.8 Å². The molecule has 0 unspecified atom stereocenters. The number of allylic oxidation sites excluding steroid dienone is 1. The Morgan fingerprint density at radius 2 is 2.08 bits per heavy atom. The monoisotopic (exact) mass is 364 g/mol. The Balaban J connectivity index is 2.01. The molecule has 0 amide bonds. The van der Waals surface area contributed by atoms with Crippen molar-refractivity contribution >= 4 is 17.7 Å². The fourth-order valence-electron chi connectivity index (χ4n) is 4.26. The quantitative estimate of drug-likeness (QED) is 0.701. The fraction of sp³-hybridized carbons (Fsp3) is 0.632. The summed E-state index contributed by atoms with van der Waals surface area (Å²) >= 11 is 0. The smallest absolute Gasteiger partial charge is 0.311 e. The predicted octanol–water partition coefficient (Wildman–Crippen LogP) is 0.542. The van der Waals surface area contributed by atoms with E-state index in [-0.39, 0.29) is 19.0 Å². The Morgan fingerprint density at radius 3 is 2.69 bits per heavy atom. The SMILES string of the molecule is CC1=C2C(=O)C=C(CO)[C@H]2[C@@H]2OC(=O)[C@H](C)[C@H]2[C@H](OC(=O)[C@H](C)CO)C1. The van der Waals surface area contributed by atoms with Crippen LogP contribution in [0.15, 0.2) is 22.8 Å². The van der Waals surface area contributed by atoms with E-state index in [0.717, 1.165) is 5.57 Å². The van der Waals surface area contributed by atoms with E-state index in [1.165, 1.54) is 6.08 Å². The van der Waals surface area contributed by atoms with E-state index in [9.17, 15) is 24.6 Å². The molecule has 1 heterocycles. The highest BCUT2D eigenvalue weighted by molar-refractivity contribution is 6.09. The van der Waals surface area contributed by atoms with Crippen molar-refractivity contribution in [3.05, 3.63) is 22.8 Å². The molecule has 2 N–H and O–H groups in total. The van der Waals surface area contributed by atoms with Crippen LogP contribution < -0.4 is 0 Å². The topological polar surface area (TPSA) is 110 Å². The minimum absolute atomic E-state index is 0.193. The van der Waals surface area contributed by atoms with Crippen molar-refractivity contribution in [1.82, 2.24) is 0 Å². The fourth-order valence-corrected chi connectivity index (χ4v) is 4.26. The Kier molecular flexibility index (Phi) is 5.03. The molecule has 2 aliphatic carbocycles. The largest absolute Gasteiger partial charge is 0.461 e. The Hall–Kier alpha value is -1.99. The number of hydrogen-bond donors (Lipinski definition) is 2. The van der Waals surface area contributed by atoms with Crippen molar-refractivity contribution in [3.63, 3.8) is 0 Å². The molecule has 3 aliphatic rings. The standard InChI is InChI=1S/C19H24O7/c1-8-4-13(25-18(23)9(2)6-20)15-10(3)19(24)26-17(15)16-11(7-21)5-12(22)14(8)16/h5,9-10,13,15-17,20-21H,4,6-7H2,1-3H3/t9-,10-,13-,15+,16-,17-/m1/s1. The van der Waals surface area contributed by atoms with Crippen LogP contribution in [0.2, 0.25) is 0 Å². The number of carbonyl (C=O) groups excluding carboxylic acids is 3. The summed E-state index contributed by atoms with van der Waals surface area (Å²) in [6.07, 6.45) is 0.444. The number of rotatable bonds is 4. The highest BCUT2D eigenvalue weighted by atomic mass is 16.6. The first-order valence-electron chi connectivity index (χ1n) is 8.87. The zero-order valence-electron chi connectivity index (χ0n) is 15.1. The Bertz CT molecular complexity index is 705. The number of esters is 2. The number of fused-ring (bicyclic) bond motifs is 3. The van der Waals surface area contributed by atoms with E-state index in [1.807, 2.05) is 0 Å². The minimum atomic E-state index is -0.674. The zero-order valence-corrected chi connectivity index (χ0v) is 15.1. The molecule has 6 atom stereocenters. The maximum Gasteiger partial charge on any atom is 0.311 e. The van der Waals surface area contributed by atoms with Crippen molar-refractivity contribution in [3.8, 4) is 0 Å². The lowest BCUT2D eigenvalue weighted by atomic mass is 9.79. The molecule has 7 nitrogen and oxygen atoms in total. The van der Waals surface area contributed by atoms with Crippen molar-refractivity contribution in [2.75, 3.05) is 13.2 Å². The van der Waals surface area contributed by atoms with Gasteiger partial charge in [0, 0.05) is 23.8 Å². The average molecular weight is 364 g/mol. The number of hydrogen-bond acceptors (Lipinski definition) is 7. The van der Waals surface area contributed by atoms with Crippen LogP contribution in [0, 0.1) is 23.7 Å². The molecule has 1 saturated heterocycles. The van der Waals surface area contributed by atoms with Crippen LogP contribution in [0.5, 0.6) is 0 Å². The summed E-state index contributed by atoms with van der Waals surface area (Å²) in [7, 11) is 0. The Labute approximate surface area is 151 Å². The van der Waals surface area contributed by atoms with Crippen LogP contribution in [-0.4, -0.2) is 53.4 Å². The van der Waals surface area contributed by atoms with Gasteiger partial charge in [0.2, 0.25) is 0 Å². The van der Waals surface area contributed by atoms with Crippen LogP contribution in [0.4, 0.5) is 0 Å². The van der Waals surface area contributed by atoms with Crippen LogP contribution in [-0.2, 0) is 23.9 Å². The average Bonchev–Trinajstić information content (AvgIpc) is 3.05. The summed E-state index contributed by atoms with van der Waals surface area (Å²) < 4.78 is 11.2. The summed E-state index contributed by atoms with van der Waals surface area (Å²) in [5, 5.41) is 18.9. The number of ketones is 1. The summed E-state index contributed by atoms with van der Waals surface area (Å²) in [6.45, 7) is 4.46. The van der Waals surface area contributed by atoms with Gasteiger partial charge < -0.3 is 19.7 Å². The molecule has 3 rings (SSSR count). The van der Waals surface area contributed by atoms with Crippen molar-refractivity contribution < 1.29 is 34.1 Å². The van der Waals surface area contributed by atoms with E-state index in [2.05, 4.69) is 0 Å². The number of ether oxygens (including phenoxy) is 2. The highest BCUT2D eigenvalue weighted by Gasteiger charge is 2.55. The molecule has 0 aromatic carbocycles. The predicted molar refractivity (Wildman–Crippen MR) is 89.6 cm³/mol. The highest BCUT2D eigenvalue weighted by Crippen LogP contribution is 2.48. The van der Waals surface area contributed by atoms with Gasteiger partial charge in [-0.2, -0.15) is 0 Å². The number of carbonyl (C=O) groups is 3. The van der Waals surface area contributed by atoms with Gasteiger partial charge in [-0.1, -0.05) is 12.5 Å². The van der Waals surface area contributed by atoms with Crippen molar-refractivity contribution in [2.45, 2.75) is 39.4 Å². The van der Waals surface area contributed by atoms with Crippen molar-refractivity contribution in [1.29, 1.82) is 0 Å². The summed E-state index contributed by atoms with van der Waals surface area (Å²) in [6, 6.07) is 0. The van der Waals surface area contributed by atoms with Crippen LogP contribution in [0.3, 0.4) is 0 Å². The van der Waals surface area contributed by atoms with Gasteiger partial charge >= 0.3 is 11.9 Å². The van der Waals surface area contributed by atoms with Gasteiger partial charge in [0.05, 0.1) is 25.0 Å². The van der Waals surface area contributed by atoms with Gasteiger partial charge in [-0.05, 0) is 25.5 Å². The molecule has 0 radical (unpaired) electrons. The molecule has 0 aromatic rings. The lowest BCUT2D eigenvalue weighted by molar-refractivity contribution is -0.159. The van der Waals surface area contributed by atoms with Gasteiger partial charge in [-0.3, -0.25) is 14.4 Å². The van der Waals surface area contributed by atoms with Gasteiger partial charge in [0.15, 0.2) is 5.78 Å². The third-order valence-electron chi connectivity index (χ3n) is 5.72. The third kappa shape index (κ3) is 2.89. The van der Waals surface area contributed by atoms with Gasteiger partial charge in [-0.25, -0.2) is 0 Å². The van der Waals surface area contributed by atoms with E-state index in [0.29, 0.717) is 17.6 Å². The van der Waals surface area contributed by atoms with E-state index in [1.54, 1.807) is 20.8 Å². The second-order valence-corrected chi connectivity index (χ2v) is 7.44. The van der Waals surface area contributed by atoms with Gasteiger partial charge in [-0.15, -0.1) is 0 Å². The molecule has 142 valence electrons. The van der Waals surface area contributed by atoms with Crippen LogP contribution in [0.1, 0.15) is 27.2 Å². The number of aliphatic hydroxyl groups excluding tert-OH is 2. The lowest BCUT2D eigenvalue weighted by Crippen LogP contribution is -2.39. The first kappa shape index (κ1) is 18.8. The maximum atomic E-state index is 12.4.